The summed E-state index contributed by atoms with van der Waals surface area (Å²) in [4.78, 5) is 27.1. The van der Waals surface area contributed by atoms with Crippen LogP contribution in [0.1, 0.15) is 106 Å². The van der Waals surface area contributed by atoms with E-state index in [0.29, 0.717) is 35.9 Å². The van der Waals surface area contributed by atoms with Crippen molar-refractivity contribution in [2.24, 2.45) is 28.7 Å². The number of allylic oxidation sites excluding steroid dienone is 4. The van der Waals surface area contributed by atoms with Gasteiger partial charge in [-0.1, -0.05) is 57.2 Å². The topological polar surface area (TPSA) is 58.5 Å². The van der Waals surface area contributed by atoms with Gasteiger partial charge in [-0.05, 0) is 120 Å². The van der Waals surface area contributed by atoms with Gasteiger partial charge >= 0.3 is 0 Å². The van der Waals surface area contributed by atoms with Gasteiger partial charge in [0.25, 0.3) is 0 Å². The Morgan fingerprint density at radius 2 is 1.74 bits per heavy atom. The molecule has 1 aromatic rings. The Kier molecular flexibility index (Phi) is 14.7. The number of ketones is 2. The van der Waals surface area contributed by atoms with Crippen LogP contribution in [-0.2, 0) is 16.0 Å². The molecular formula is C35H58N2O2. The highest BCUT2D eigenvalue weighted by Gasteiger charge is 2.31. The van der Waals surface area contributed by atoms with Gasteiger partial charge in [-0.2, -0.15) is 0 Å². The zero-order chi connectivity index (χ0) is 27.3. The minimum atomic E-state index is 0. The molecule has 0 amide bonds. The zero-order valence-electron chi connectivity index (χ0n) is 24.3. The summed E-state index contributed by atoms with van der Waals surface area (Å²) in [5, 5.41) is 3.22. The van der Waals surface area contributed by atoms with E-state index in [1.54, 1.807) is 0 Å². The lowest BCUT2D eigenvalue weighted by Gasteiger charge is -2.30. The molecule has 0 bridgehead atoms. The van der Waals surface area contributed by atoms with E-state index < -0.39 is 0 Å². The molecule has 0 spiro atoms. The van der Waals surface area contributed by atoms with Crippen LogP contribution in [0.4, 0.5) is 0 Å². The summed E-state index contributed by atoms with van der Waals surface area (Å²) < 4.78 is 0. The number of rotatable bonds is 6. The number of aliphatic imine (C=N–C) groups is 1. The number of hydrogen-bond acceptors (Lipinski definition) is 4. The lowest BCUT2D eigenvalue weighted by molar-refractivity contribution is -0.120. The number of nitrogens with zero attached hydrogens (tertiary/aromatic N) is 1. The normalized spacial score (nSPS) is 25.3. The van der Waals surface area contributed by atoms with Crippen LogP contribution < -0.4 is 5.32 Å². The summed E-state index contributed by atoms with van der Waals surface area (Å²) in [6.45, 7) is 9.98. The number of fused-ring (bicyclic) bond motifs is 1. The molecule has 4 atom stereocenters. The van der Waals surface area contributed by atoms with Crippen LogP contribution in [0, 0.1) is 30.6 Å². The van der Waals surface area contributed by atoms with Crippen LogP contribution in [-0.4, -0.2) is 30.9 Å². The van der Waals surface area contributed by atoms with Gasteiger partial charge < -0.3 is 10.1 Å². The van der Waals surface area contributed by atoms with Gasteiger partial charge in [-0.25, -0.2) is 0 Å². The van der Waals surface area contributed by atoms with Crippen LogP contribution in [0.3, 0.4) is 0 Å². The molecule has 1 saturated carbocycles. The third kappa shape index (κ3) is 11.4. The van der Waals surface area contributed by atoms with E-state index in [-0.39, 0.29) is 16.1 Å². The minimum absolute atomic E-state index is 0. The second-order valence-corrected chi connectivity index (χ2v) is 11.9. The van der Waals surface area contributed by atoms with Gasteiger partial charge in [0.05, 0.1) is 0 Å². The molecule has 2 heterocycles. The highest BCUT2D eigenvalue weighted by Crippen LogP contribution is 2.42. The molecule has 3 unspecified atom stereocenters. The average Bonchev–Trinajstić information content (AvgIpc) is 3.58. The number of hydrogen-bond donors (Lipinski definition) is 1. The van der Waals surface area contributed by atoms with Crippen LogP contribution in [0.25, 0.3) is 0 Å². The monoisotopic (exact) mass is 538 g/mol. The molecule has 2 fully saturated rings. The molecule has 220 valence electrons. The first-order valence-electron chi connectivity index (χ1n) is 15.0. The predicted octanol–water partition coefficient (Wildman–Crippen LogP) is 8.73. The third-order valence-corrected chi connectivity index (χ3v) is 8.16. The van der Waals surface area contributed by atoms with E-state index in [0.717, 1.165) is 19.3 Å². The largest absolute Gasteiger partial charge is 0.317 e. The van der Waals surface area contributed by atoms with E-state index in [9.17, 15) is 9.59 Å². The van der Waals surface area contributed by atoms with E-state index in [4.69, 9.17) is 4.99 Å². The highest BCUT2D eigenvalue weighted by atomic mass is 16.1. The van der Waals surface area contributed by atoms with E-state index in [1.165, 1.54) is 94.3 Å². The number of benzene rings is 1. The van der Waals surface area contributed by atoms with Crippen LogP contribution in [0.5, 0.6) is 0 Å². The van der Waals surface area contributed by atoms with E-state index in [1.807, 2.05) is 0 Å². The van der Waals surface area contributed by atoms with Crippen molar-refractivity contribution in [3.8, 4) is 0 Å². The Morgan fingerprint density at radius 3 is 2.41 bits per heavy atom. The van der Waals surface area contributed by atoms with Crippen molar-refractivity contribution in [1.29, 1.82) is 0 Å². The summed E-state index contributed by atoms with van der Waals surface area (Å²) in [5.41, 5.74) is 5.47. The molecule has 4 aliphatic rings. The van der Waals surface area contributed by atoms with Gasteiger partial charge in [0.2, 0.25) is 0 Å². The average molecular weight is 539 g/mol. The van der Waals surface area contributed by atoms with E-state index in [2.05, 4.69) is 61.8 Å². The molecule has 0 aromatic heterocycles. The Hall–Kier alpha value is -2.33. The Labute approximate surface area is 241 Å². The molecule has 4 nitrogen and oxygen atoms in total. The number of Topliss-reactive ketones (excluding diaryl/α,β-unsaturated/α-hetero) is 2. The maximum Gasteiger partial charge on any atom is 0.133 e. The Bertz CT molecular complexity index is 1000. The molecule has 5 rings (SSSR count). The van der Waals surface area contributed by atoms with Crippen LogP contribution in [0.15, 0.2) is 52.7 Å². The molecule has 4 heteroatoms. The number of aryl methyl sites for hydroxylation is 2. The summed E-state index contributed by atoms with van der Waals surface area (Å²) in [6.07, 6.45) is 19.2. The summed E-state index contributed by atoms with van der Waals surface area (Å²) in [6, 6.07) is 8.44. The molecule has 1 saturated heterocycles. The molecular weight excluding hydrogens is 480 g/mol. The predicted molar refractivity (Wildman–Crippen MR) is 171 cm³/mol. The maximum absolute atomic E-state index is 12.7. The Morgan fingerprint density at radius 1 is 1.03 bits per heavy atom. The molecule has 2 aliphatic heterocycles. The lowest BCUT2D eigenvalue weighted by atomic mass is 9.76. The van der Waals surface area contributed by atoms with Crippen molar-refractivity contribution in [1.82, 2.24) is 5.32 Å². The van der Waals surface area contributed by atoms with Crippen molar-refractivity contribution in [2.45, 2.75) is 106 Å². The lowest BCUT2D eigenvalue weighted by Crippen LogP contribution is -2.20. The van der Waals surface area contributed by atoms with E-state index >= 15 is 0 Å². The molecule has 1 aromatic carbocycles. The summed E-state index contributed by atoms with van der Waals surface area (Å²) in [5.74, 6) is 2.91. The van der Waals surface area contributed by atoms with Gasteiger partial charge in [0.1, 0.15) is 11.6 Å². The minimum Gasteiger partial charge on any atom is -0.317 e. The smallest absolute Gasteiger partial charge is 0.133 e. The number of carbonyl (C=O) groups is 2. The fourth-order valence-corrected chi connectivity index (χ4v) is 6.21. The first kappa shape index (κ1) is 32.9. The molecule has 1 N–H and O–H groups in total. The van der Waals surface area contributed by atoms with Gasteiger partial charge in [0.15, 0.2) is 0 Å². The van der Waals surface area contributed by atoms with Gasteiger partial charge in [-0.3, -0.25) is 9.79 Å². The fourth-order valence-electron chi connectivity index (χ4n) is 6.21. The number of nitrogens with one attached hydrogen (secondary N) is 1. The van der Waals surface area contributed by atoms with Crippen molar-refractivity contribution in [2.75, 3.05) is 13.1 Å². The fraction of sp³-hybridized carbons (Fsp3) is 0.629. The van der Waals surface area contributed by atoms with Crippen LogP contribution >= 0.6 is 0 Å². The second-order valence-electron chi connectivity index (χ2n) is 11.9. The first-order valence-corrected chi connectivity index (χ1v) is 15.0. The standard InChI is InChI=1S/C27H35NO.C4H9N.C3H6O.CH4.2H2/c1-19-15-23-10-6-12-26(23)27(28-18-19)24-11-5-8-21(16-24)17-25(29)14-13-22-9-4-3-7-20(22)2;1-2-4-5-3-1;1-3(2)4;;;/h3-4,6-7,9,12,18-19,21,23-24H,5,8,10-11,13-17H2,1-2H3;5H,1-4H2;1-2H3;1H4;2*1H/t19?,21-,23?,24?;;;;;/m1...../s1. The SMILES string of the molecule is C.C1CCNC1.CC(C)=O.Cc1ccccc1CCC(=O)C[C@@H]1CCCC(C2=C3C=CCC3CC(C)C=N2)C1.[HH].[HH]. The maximum atomic E-state index is 12.7. The van der Waals surface area contributed by atoms with Crippen molar-refractivity contribution < 1.29 is 12.4 Å². The molecule has 0 radical (unpaired) electrons. The quantitative estimate of drug-likeness (QED) is 0.394. The summed E-state index contributed by atoms with van der Waals surface area (Å²) >= 11 is 0. The highest BCUT2D eigenvalue weighted by molar-refractivity contribution is 5.79. The first-order chi connectivity index (χ1) is 18.3. The number of carbonyl (C=O) groups excluding carboxylic acids is 2. The van der Waals surface area contributed by atoms with Crippen molar-refractivity contribution >= 4 is 17.8 Å². The molecule has 2 aliphatic carbocycles. The molecule has 39 heavy (non-hydrogen) atoms. The van der Waals surface area contributed by atoms with Gasteiger partial charge in [0, 0.05) is 33.5 Å². The van der Waals surface area contributed by atoms with Crippen molar-refractivity contribution in [3.63, 3.8) is 0 Å². The van der Waals surface area contributed by atoms with Crippen LogP contribution in [0.2, 0.25) is 0 Å². The Balaban J connectivity index is 0.00000115. The third-order valence-electron chi connectivity index (χ3n) is 8.16. The van der Waals surface area contributed by atoms with Gasteiger partial charge in [-0.15, -0.1) is 0 Å². The van der Waals surface area contributed by atoms with Crippen molar-refractivity contribution in [3.05, 3.63) is 58.8 Å². The second kappa shape index (κ2) is 17.4. The zero-order valence-corrected chi connectivity index (χ0v) is 24.3. The summed E-state index contributed by atoms with van der Waals surface area (Å²) in [7, 11) is 0.